The van der Waals surface area contributed by atoms with Crippen molar-refractivity contribution in [1.29, 1.82) is 0 Å². The number of carbonyl (C=O) groups is 2. The molecule has 1 aliphatic heterocycles. The van der Waals surface area contributed by atoms with E-state index in [1.165, 1.54) is 7.05 Å². The standard InChI is InChI=1S/C15H19F2N3O5/c1-18-14-10(15(23)19-24-6-4-21)7-9(12(16)13(14)17)8-20-11(22)3-2-5-25-20/h7,18,21H,2-6,8H2,1H3,(H,19,23). The molecule has 1 fully saturated rings. The SMILES string of the molecule is CNc1c(C(=O)NOCCO)cc(CN2OCCCC2=O)c(F)c1F. The fourth-order valence-corrected chi connectivity index (χ4v) is 2.32. The first-order valence-corrected chi connectivity index (χ1v) is 7.64. The first-order valence-electron chi connectivity index (χ1n) is 7.64. The minimum absolute atomic E-state index is 0.159. The van der Waals surface area contributed by atoms with Crippen molar-refractivity contribution in [2.24, 2.45) is 0 Å². The summed E-state index contributed by atoms with van der Waals surface area (Å²) in [6.45, 7) is -0.514. The number of halogens is 2. The molecular weight excluding hydrogens is 340 g/mol. The molecule has 0 saturated carbocycles. The predicted molar refractivity (Wildman–Crippen MR) is 82.1 cm³/mol. The van der Waals surface area contributed by atoms with E-state index in [4.69, 9.17) is 14.8 Å². The lowest BCUT2D eigenvalue weighted by molar-refractivity contribution is -0.202. The van der Waals surface area contributed by atoms with E-state index in [2.05, 4.69) is 5.32 Å². The summed E-state index contributed by atoms with van der Waals surface area (Å²) in [5, 5.41) is 12.0. The topological polar surface area (TPSA) is 100 Å². The number of hydroxylamine groups is 3. The van der Waals surface area contributed by atoms with Crippen LogP contribution in [0.4, 0.5) is 14.5 Å². The number of amides is 2. The average Bonchev–Trinajstić information content (AvgIpc) is 2.60. The van der Waals surface area contributed by atoms with Gasteiger partial charge in [0.2, 0.25) is 5.91 Å². The smallest absolute Gasteiger partial charge is 0.277 e. The molecule has 10 heteroatoms. The lowest BCUT2D eigenvalue weighted by atomic mass is 10.1. The molecule has 0 aromatic heterocycles. The van der Waals surface area contributed by atoms with Gasteiger partial charge < -0.3 is 10.4 Å². The quantitative estimate of drug-likeness (QED) is 0.490. The Morgan fingerprint density at radius 3 is 2.84 bits per heavy atom. The second kappa shape index (κ2) is 8.70. The Morgan fingerprint density at radius 2 is 2.20 bits per heavy atom. The maximum Gasteiger partial charge on any atom is 0.277 e. The van der Waals surface area contributed by atoms with E-state index in [1.807, 2.05) is 5.48 Å². The van der Waals surface area contributed by atoms with Gasteiger partial charge in [0.1, 0.15) is 0 Å². The minimum atomic E-state index is -1.25. The van der Waals surface area contributed by atoms with E-state index >= 15 is 0 Å². The molecule has 0 spiro atoms. The average molecular weight is 359 g/mol. The van der Waals surface area contributed by atoms with Crippen LogP contribution < -0.4 is 10.8 Å². The minimum Gasteiger partial charge on any atom is -0.394 e. The lowest BCUT2D eigenvalue weighted by Crippen LogP contribution is -2.35. The number of aliphatic hydroxyl groups excluding tert-OH is 1. The molecule has 1 heterocycles. The summed E-state index contributed by atoms with van der Waals surface area (Å²) >= 11 is 0. The fourth-order valence-electron chi connectivity index (χ4n) is 2.32. The van der Waals surface area contributed by atoms with Gasteiger partial charge in [0.15, 0.2) is 11.6 Å². The molecule has 2 amide bonds. The highest BCUT2D eigenvalue weighted by atomic mass is 19.2. The van der Waals surface area contributed by atoms with Crippen molar-refractivity contribution < 1.29 is 33.2 Å². The van der Waals surface area contributed by atoms with Crippen LogP contribution in [-0.4, -0.2) is 48.9 Å². The molecule has 8 nitrogen and oxygen atoms in total. The van der Waals surface area contributed by atoms with Crippen LogP contribution in [0, 0.1) is 11.6 Å². The van der Waals surface area contributed by atoms with Crippen molar-refractivity contribution in [2.45, 2.75) is 19.4 Å². The third kappa shape index (κ3) is 4.41. The molecule has 1 aromatic carbocycles. The van der Waals surface area contributed by atoms with Crippen molar-refractivity contribution in [3.8, 4) is 0 Å². The van der Waals surface area contributed by atoms with Gasteiger partial charge in [-0.2, -0.15) is 0 Å². The van der Waals surface area contributed by atoms with Gasteiger partial charge in [0.05, 0.1) is 37.6 Å². The number of benzene rings is 1. The summed E-state index contributed by atoms with van der Waals surface area (Å²) in [5.41, 5.74) is 1.25. The summed E-state index contributed by atoms with van der Waals surface area (Å²) in [4.78, 5) is 33.7. The molecular formula is C15H19F2N3O5. The molecule has 138 valence electrons. The number of aliphatic hydroxyl groups is 1. The van der Waals surface area contributed by atoms with Gasteiger partial charge in [0.25, 0.3) is 5.91 Å². The largest absolute Gasteiger partial charge is 0.394 e. The molecule has 1 aromatic rings. The van der Waals surface area contributed by atoms with Gasteiger partial charge >= 0.3 is 0 Å². The first kappa shape index (κ1) is 19.0. The number of anilines is 1. The second-order valence-electron chi connectivity index (χ2n) is 5.21. The third-order valence-corrected chi connectivity index (χ3v) is 3.51. The highest BCUT2D eigenvalue weighted by molar-refractivity contribution is 5.99. The second-order valence-corrected chi connectivity index (χ2v) is 5.21. The van der Waals surface area contributed by atoms with Gasteiger partial charge in [-0.05, 0) is 12.5 Å². The lowest BCUT2D eigenvalue weighted by Gasteiger charge is -2.26. The van der Waals surface area contributed by atoms with Crippen molar-refractivity contribution in [3.05, 3.63) is 28.8 Å². The fraction of sp³-hybridized carbons (Fsp3) is 0.467. The molecule has 0 bridgehead atoms. The number of nitrogens with zero attached hydrogens (tertiary/aromatic N) is 1. The molecule has 0 atom stereocenters. The Morgan fingerprint density at radius 1 is 1.44 bits per heavy atom. The summed E-state index contributed by atoms with van der Waals surface area (Å²) in [6.07, 6.45) is 0.807. The van der Waals surface area contributed by atoms with Crippen LogP contribution in [0.3, 0.4) is 0 Å². The van der Waals surface area contributed by atoms with Crippen molar-refractivity contribution >= 4 is 17.5 Å². The van der Waals surface area contributed by atoms with E-state index < -0.39 is 17.5 Å². The van der Waals surface area contributed by atoms with E-state index in [0.29, 0.717) is 13.0 Å². The molecule has 25 heavy (non-hydrogen) atoms. The molecule has 0 unspecified atom stereocenters. The van der Waals surface area contributed by atoms with E-state index in [1.54, 1.807) is 0 Å². The van der Waals surface area contributed by atoms with E-state index in [0.717, 1.165) is 11.1 Å². The van der Waals surface area contributed by atoms with Crippen LogP contribution in [0.1, 0.15) is 28.8 Å². The third-order valence-electron chi connectivity index (χ3n) is 3.51. The van der Waals surface area contributed by atoms with E-state index in [-0.39, 0.29) is 48.9 Å². The molecule has 2 rings (SSSR count). The van der Waals surface area contributed by atoms with Crippen LogP contribution in [0.2, 0.25) is 0 Å². The predicted octanol–water partition coefficient (Wildman–Crippen LogP) is 0.714. The summed E-state index contributed by atoms with van der Waals surface area (Å²) in [6, 6.07) is 1.12. The highest BCUT2D eigenvalue weighted by Gasteiger charge is 2.26. The van der Waals surface area contributed by atoms with Crippen molar-refractivity contribution in [2.75, 3.05) is 32.2 Å². The highest BCUT2D eigenvalue weighted by Crippen LogP contribution is 2.27. The van der Waals surface area contributed by atoms with E-state index in [9.17, 15) is 18.4 Å². The monoisotopic (exact) mass is 359 g/mol. The number of hydrogen-bond acceptors (Lipinski definition) is 6. The number of carbonyl (C=O) groups excluding carboxylic acids is 2. The van der Waals surface area contributed by atoms with Crippen molar-refractivity contribution in [1.82, 2.24) is 10.5 Å². The maximum absolute atomic E-state index is 14.3. The van der Waals surface area contributed by atoms with Crippen molar-refractivity contribution in [3.63, 3.8) is 0 Å². The molecule has 1 aliphatic rings. The Kier molecular flexibility index (Phi) is 6.62. The van der Waals surface area contributed by atoms with Gasteiger partial charge in [-0.1, -0.05) is 0 Å². The van der Waals surface area contributed by atoms with Crippen LogP contribution >= 0.6 is 0 Å². The Hall–Kier alpha value is -2.30. The zero-order chi connectivity index (χ0) is 18.4. The summed E-state index contributed by atoms with van der Waals surface area (Å²) in [5.74, 6) is -3.61. The van der Waals surface area contributed by atoms with Gasteiger partial charge in [-0.25, -0.2) is 19.3 Å². The summed E-state index contributed by atoms with van der Waals surface area (Å²) in [7, 11) is 1.33. The molecule has 1 saturated heterocycles. The number of rotatable bonds is 7. The van der Waals surface area contributed by atoms with Crippen LogP contribution in [0.25, 0.3) is 0 Å². The van der Waals surface area contributed by atoms with Gasteiger partial charge in [0, 0.05) is 19.0 Å². The van der Waals surface area contributed by atoms with Gasteiger partial charge in [-0.15, -0.1) is 0 Å². The Labute approximate surface area is 142 Å². The Bertz CT molecular complexity index is 657. The first-order chi connectivity index (χ1) is 12.0. The van der Waals surface area contributed by atoms with Gasteiger partial charge in [-0.3, -0.25) is 19.3 Å². The molecule has 3 N–H and O–H groups in total. The number of nitrogens with one attached hydrogen (secondary N) is 2. The Balaban J connectivity index is 2.30. The van der Waals surface area contributed by atoms with Crippen LogP contribution in [-0.2, 0) is 21.0 Å². The van der Waals surface area contributed by atoms with Crippen LogP contribution in [0.5, 0.6) is 0 Å². The zero-order valence-electron chi connectivity index (χ0n) is 13.6. The van der Waals surface area contributed by atoms with Crippen LogP contribution in [0.15, 0.2) is 6.07 Å². The zero-order valence-corrected chi connectivity index (χ0v) is 13.6. The normalized spacial score (nSPS) is 14.6. The maximum atomic E-state index is 14.3. The number of hydrogen-bond donors (Lipinski definition) is 3. The molecule has 0 aliphatic carbocycles. The summed E-state index contributed by atoms with van der Waals surface area (Å²) < 4.78 is 28.6. The molecule has 0 radical (unpaired) electrons.